The molecule has 1 fully saturated rings. The number of methoxy groups -OCH3 is 1. The molecule has 1 aromatic carbocycles. The molecule has 1 aliphatic heterocycles. The van der Waals surface area contributed by atoms with E-state index in [9.17, 15) is 4.79 Å². The van der Waals surface area contributed by atoms with E-state index in [2.05, 4.69) is 15.7 Å². The predicted octanol–water partition coefficient (Wildman–Crippen LogP) is 2.51. The van der Waals surface area contributed by atoms with Crippen LogP contribution in [-0.2, 0) is 16.1 Å². The lowest BCUT2D eigenvalue weighted by Crippen LogP contribution is -2.31. The lowest BCUT2D eigenvalue weighted by molar-refractivity contribution is -0.116. The number of carbonyl (C=O) groups is 1. The molecule has 7 nitrogen and oxygen atoms in total. The summed E-state index contributed by atoms with van der Waals surface area (Å²) in [4.78, 5) is 12.3. The van der Waals surface area contributed by atoms with E-state index in [0.29, 0.717) is 0 Å². The predicted molar refractivity (Wildman–Crippen MR) is 95.9 cm³/mol. The Balaban J connectivity index is 1.51. The Morgan fingerprint density at radius 1 is 1.40 bits per heavy atom. The maximum atomic E-state index is 12.3. The lowest BCUT2D eigenvalue weighted by atomic mass is 10.2. The summed E-state index contributed by atoms with van der Waals surface area (Å²) in [6, 6.07) is 6.85. The summed E-state index contributed by atoms with van der Waals surface area (Å²) in [7, 11) is 1.61. The van der Waals surface area contributed by atoms with E-state index < -0.39 is 0 Å². The van der Waals surface area contributed by atoms with Crippen LogP contribution in [0, 0.1) is 0 Å². The van der Waals surface area contributed by atoms with Crippen molar-refractivity contribution in [2.75, 3.05) is 24.4 Å². The first-order chi connectivity index (χ1) is 12.1. The van der Waals surface area contributed by atoms with E-state index in [-0.39, 0.29) is 18.1 Å². The second kappa shape index (κ2) is 8.02. The van der Waals surface area contributed by atoms with Crippen molar-refractivity contribution in [2.45, 2.75) is 38.5 Å². The van der Waals surface area contributed by atoms with Gasteiger partial charge in [0.15, 0.2) is 0 Å². The topological polar surface area (TPSA) is 77.4 Å². The molecule has 2 atom stereocenters. The number of anilines is 2. The molecule has 1 amide bonds. The van der Waals surface area contributed by atoms with Gasteiger partial charge >= 0.3 is 0 Å². The van der Waals surface area contributed by atoms with Gasteiger partial charge in [-0.1, -0.05) is 0 Å². The third kappa shape index (κ3) is 4.73. The van der Waals surface area contributed by atoms with Crippen LogP contribution in [-0.4, -0.2) is 41.6 Å². The highest BCUT2D eigenvalue weighted by Crippen LogP contribution is 2.17. The molecule has 1 aliphatic rings. The van der Waals surface area contributed by atoms with Crippen molar-refractivity contribution in [1.82, 2.24) is 9.78 Å². The van der Waals surface area contributed by atoms with Crippen LogP contribution >= 0.6 is 0 Å². The van der Waals surface area contributed by atoms with Gasteiger partial charge in [0.2, 0.25) is 5.91 Å². The van der Waals surface area contributed by atoms with Crippen molar-refractivity contribution >= 4 is 17.3 Å². The number of nitrogens with one attached hydrogen (secondary N) is 2. The van der Waals surface area contributed by atoms with Gasteiger partial charge in [0.1, 0.15) is 11.8 Å². The number of carbonyl (C=O) groups excluding carboxylic acids is 1. The highest BCUT2D eigenvalue weighted by Gasteiger charge is 2.17. The minimum absolute atomic E-state index is 0.114. The molecule has 134 valence electrons. The van der Waals surface area contributed by atoms with Gasteiger partial charge in [0.05, 0.1) is 31.6 Å². The Kier molecular flexibility index (Phi) is 5.55. The first kappa shape index (κ1) is 17.3. The molecule has 1 aromatic heterocycles. The minimum atomic E-state index is -0.387. The molecule has 0 radical (unpaired) electrons. The van der Waals surface area contributed by atoms with Crippen LogP contribution in [0.1, 0.15) is 19.8 Å². The Labute approximate surface area is 147 Å². The molecule has 0 saturated carbocycles. The highest BCUT2D eigenvalue weighted by molar-refractivity contribution is 5.96. The minimum Gasteiger partial charge on any atom is -0.497 e. The molecule has 3 rings (SSSR count). The fraction of sp³-hybridized carbons (Fsp3) is 0.444. The summed E-state index contributed by atoms with van der Waals surface area (Å²) in [6.45, 7) is 3.39. The van der Waals surface area contributed by atoms with Gasteiger partial charge in [-0.15, -0.1) is 0 Å². The van der Waals surface area contributed by atoms with E-state index in [4.69, 9.17) is 9.47 Å². The van der Waals surface area contributed by atoms with Crippen molar-refractivity contribution in [3.8, 4) is 5.75 Å². The molecule has 0 aliphatic carbocycles. The van der Waals surface area contributed by atoms with Gasteiger partial charge < -0.3 is 20.1 Å². The second-order valence-electron chi connectivity index (χ2n) is 6.17. The third-order valence-corrected chi connectivity index (χ3v) is 4.18. The summed E-state index contributed by atoms with van der Waals surface area (Å²) in [5, 5.41) is 10.4. The molecule has 0 bridgehead atoms. The molecule has 2 heterocycles. The van der Waals surface area contributed by atoms with Gasteiger partial charge in [-0.25, -0.2) is 0 Å². The number of rotatable bonds is 7. The highest BCUT2D eigenvalue weighted by atomic mass is 16.5. The number of hydrogen-bond donors (Lipinski definition) is 2. The van der Waals surface area contributed by atoms with Gasteiger partial charge in [-0.05, 0) is 44.0 Å². The van der Waals surface area contributed by atoms with Crippen LogP contribution < -0.4 is 15.4 Å². The quantitative estimate of drug-likeness (QED) is 0.807. The van der Waals surface area contributed by atoms with Crippen LogP contribution in [0.3, 0.4) is 0 Å². The molecule has 2 unspecified atom stereocenters. The summed E-state index contributed by atoms with van der Waals surface area (Å²) in [6.07, 6.45) is 6.05. The fourth-order valence-corrected chi connectivity index (χ4v) is 2.78. The third-order valence-electron chi connectivity index (χ3n) is 4.18. The molecular formula is C18H24N4O3. The molecule has 25 heavy (non-hydrogen) atoms. The van der Waals surface area contributed by atoms with Gasteiger partial charge in [-0.3, -0.25) is 9.48 Å². The lowest BCUT2D eigenvalue weighted by Gasteiger charge is -2.14. The number of benzene rings is 1. The number of amides is 1. The largest absolute Gasteiger partial charge is 0.497 e. The Morgan fingerprint density at radius 2 is 2.20 bits per heavy atom. The average Bonchev–Trinajstić information content (AvgIpc) is 3.28. The monoisotopic (exact) mass is 344 g/mol. The van der Waals surface area contributed by atoms with Crippen LogP contribution in [0.15, 0.2) is 36.7 Å². The Hall–Kier alpha value is -2.54. The van der Waals surface area contributed by atoms with Gasteiger partial charge in [0.25, 0.3) is 0 Å². The second-order valence-corrected chi connectivity index (χ2v) is 6.17. The number of ether oxygens (including phenoxy) is 2. The van der Waals surface area contributed by atoms with Crippen LogP contribution in [0.25, 0.3) is 0 Å². The van der Waals surface area contributed by atoms with Crippen molar-refractivity contribution < 1.29 is 14.3 Å². The van der Waals surface area contributed by atoms with E-state index >= 15 is 0 Å². The van der Waals surface area contributed by atoms with E-state index in [1.165, 1.54) is 0 Å². The van der Waals surface area contributed by atoms with Crippen LogP contribution in [0.2, 0.25) is 0 Å². The molecular weight excluding hydrogens is 320 g/mol. The zero-order valence-electron chi connectivity index (χ0n) is 14.6. The molecule has 2 N–H and O–H groups in total. The molecule has 0 spiro atoms. The number of aromatic nitrogens is 2. The number of hydrogen-bond acceptors (Lipinski definition) is 5. The van der Waals surface area contributed by atoms with Crippen molar-refractivity contribution in [1.29, 1.82) is 0 Å². The molecule has 2 aromatic rings. The van der Waals surface area contributed by atoms with E-state index in [1.54, 1.807) is 13.3 Å². The number of nitrogens with zero attached hydrogens (tertiary/aromatic N) is 2. The summed E-state index contributed by atoms with van der Waals surface area (Å²) >= 11 is 0. The smallest absolute Gasteiger partial charge is 0.246 e. The molecule has 7 heteroatoms. The van der Waals surface area contributed by atoms with E-state index in [0.717, 1.165) is 43.1 Å². The summed E-state index contributed by atoms with van der Waals surface area (Å²) in [5.41, 5.74) is 1.55. The van der Waals surface area contributed by atoms with Crippen LogP contribution in [0.4, 0.5) is 11.4 Å². The summed E-state index contributed by atoms with van der Waals surface area (Å²) in [5.74, 6) is 0.639. The Morgan fingerprint density at radius 3 is 2.88 bits per heavy atom. The zero-order chi connectivity index (χ0) is 17.6. The maximum absolute atomic E-state index is 12.3. The fourth-order valence-electron chi connectivity index (χ4n) is 2.78. The van der Waals surface area contributed by atoms with Crippen LogP contribution in [0.5, 0.6) is 5.75 Å². The SMILES string of the molecule is COc1ccc(NC(=O)C(C)Nc2cnn(CC3CCCO3)c2)cc1. The first-order valence-electron chi connectivity index (χ1n) is 8.49. The standard InChI is InChI=1S/C18H24N4O3/c1-13(18(23)21-14-5-7-16(24-2)8-6-14)20-15-10-19-22(11-15)12-17-4-3-9-25-17/h5-8,10-11,13,17,20H,3-4,9,12H2,1-2H3,(H,21,23). The maximum Gasteiger partial charge on any atom is 0.246 e. The Bertz CT molecular complexity index is 693. The average molecular weight is 344 g/mol. The van der Waals surface area contributed by atoms with Crippen molar-refractivity contribution in [2.24, 2.45) is 0 Å². The zero-order valence-corrected chi connectivity index (χ0v) is 14.6. The summed E-state index contributed by atoms with van der Waals surface area (Å²) < 4.78 is 12.6. The van der Waals surface area contributed by atoms with Crippen molar-refractivity contribution in [3.63, 3.8) is 0 Å². The normalized spacial score (nSPS) is 17.9. The van der Waals surface area contributed by atoms with Gasteiger partial charge in [-0.2, -0.15) is 5.10 Å². The van der Waals surface area contributed by atoms with Crippen molar-refractivity contribution in [3.05, 3.63) is 36.7 Å². The first-order valence-corrected chi connectivity index (χ1v) is 8.49. The van der Waals surface area contributed by atoms with E-state index in [1.807, 2.05) is 42.1 Å². The van der Waals surface area contributed by atoms with Gasteiger partial charge in [0, 0.05) is 18.5 Å². The molecule has 1 saturated heterocycles.